The molecule has 0 bridgehead atoms. The summed E-state index contributed by atoms with van der Waals surface area (Å²) in [6, 6.07) is 0.918. The molecule has 0 aromatic rings. The Kier molecular flexibility index (Phi) is 9.85. The Morgan fingerprint density at radius 3 is 1.92 bits per heavy atom. The summed E-state index contributed by atoms with van der Waals surface area (Å²) < 4.78 is 11.1. The Hall–Kier alpha value is 0.427. The molecular weight excluding hydrogens is 192 g/mol. The van der Waals surface area contributed by atoms with Crippen LogP contribution in [0.2, 0.25) is 6.04 Å². The zero-order chi connectivity index (χ0) is 9.23. The maximum absolute atomic E-state index is 5.63. The minimum Gasteiger partial charge on any atom is -0.397 e. The first-order valence-corrected chi connectivity index (χ1v) is 6.93. The standard InChI is InChI=1S/C8H19ClO2Si/c1-3-6-10-12(8-5-9)11-7-4-2/h12H,3-8H2,1-2H3. The van der Waals surface area contributed by atoms with Gasteiger partial charge in [0.05, 0.1) is 0 Å². The van der Waals surface area contributed by atoms with E-state index in [1.165, 1.54) is 0 Å². The summed E-state index contributed by atoms with van der Waals surface area (Å²) in [4.78, 5) is 0. The van der Waals surface area contributed by atoms with E-state index in [0.717, 1.165) is 32.1 Å². The highest BCUT2D eigenvalue weighted by Crippen LogP contribution is 2.00. The highest BCUT2D eigenvalue weighted by Gasteiger charge is 2.10. The SMILES string of the molecule is CCCO[SiH](CCCl)OCCC. The second kappa shape index (κ2) is 9.51. The molecule has 0 atom stereocenters. The van der Waals surface area contributed by atoms with Crippen LogP contribution >= 0.6 is 11.6 Å². The van der Waals surface area contributed by atoms with E-state index in [0.29, 0.717) is 5.88 Å². The van der Waals surface area contributed by atoms with Gasteiger partial charge < -0.3 is 8.85 Å². The average Bonchev–Trinajstić information content (AvgIpc) is 2.10. The van der Waals surface area contributed by atoms with Crippen molar-refractivity contribution in [2.45, 2.75) is 32.7 Å². The van der Waals surface area contributed by atoms with E-state index < -0.39 is 9.28 Å². The van der Waals surface area contributed by atoms with Crippen molar-refractivity contribution in [3.05, 3.63) is 0 Å². The summed E-state index contributed by atoms with van der Waals surface area (Å²) in [6.45, 7) is 5.84. The molecule has 0 rings (SSSR count). The van der Waals surface area contributed by atoms with Crippen LogP contribution in [0, 0.1) is 0 Å². The normalized spacial score (nSPS) is 11.0. The van der Waals surface area contributed by atoms with E-state index in [1.807, 2.05) is 0 Å². The Labute approximate surface area is 82.0 Å². The lowest BCUT2D eigenvalue weighted by molar-refractivity contribution is 0.197. The van der Waals surface area contributed by atoms with Gasteiger partial charge in [0, 0.05) is 25.1 Å². The smallest absolute Gasteiger partial charge is 0.322 e. The third kappa shape index (κ3) is 7.10. The van der Waals surface area contributed by atoms with Crippen LogP contribution in [0.15, 0.2) is 0 Å². The molecule has 0 saturated heterocycles. The van der Waals surface area contributed by atoms with E-state index in [9.17, 15) is 0 Å². The Morgan fingerprint density at radius 2 is 1.58 bits per heavy atom. The van der Waals surface area contributed by atoms with E-state index in [1.54, 1.807) is 0 Å². The molecule has 0 aromatic heterocycles. The Morgan fingerprint density at radius 1 is 1.08 bits per heavy atom. The van der Waals surface area contributed by atoms with Crippen molar-refractivity contribution in [1.82, 2.24) is 0 Å². The molecule has 0 radical (unpaired) electrons. The third-order valence-electron chi connectivity index (χ3n) is 1.36. The topological polar surface area (TPSA) is 18.5 Å². The lowest BCUT2D eigenvalue weighted by Gasteiger charge is -2.14. The van der Waals surface area contributed by atoms with Gasteiger partial charge in [-0.2, -0.15) is 0 Å². The van der Waals surface area contributed by atoms with Crippen molar-refractivity contribution >= 4 is 20.9 Å². The molecule has 12 heavy (non-hydrogen) atoms. The van der Waals surface area contributed by atoms with Gasteiger partial charge in [-0.05, 0) is 12.8 Å². The summed E-state index contributed by atoms with van der Waals surface area (Å²) >= 11 is 5.63. The zero-order valence-electron chi connectivity index (χ0n) is 8.01. The molecule has 0 aliphatic heterocycles. The van der Waals surface area contributed by atoms with Crippen molar-refractivity contribution < 1.29 is 8.85 Å². The van der Waals surface area contributed by atoms with Crippen LogP contribution in [-0.2, 0) is 8.85 Å². The van der Waals surface area contributed by atoms with Gasteiger partial charge in [0.1, 0.15) is 0 Å². The molecule has 0 aliphatic carbocycles. The van der Waals surface area contributed by atoms with Gasteiger partial charge in [-0.15, -0.1) is 11.6 Å². The van der Waals surface area contributed by atoms with E-state index in [4.69, 9.17) is 20.5 Å². The summed E-state index contributed by atoms with van der Waals surface area (Å²) in [5.41, 5.74) is 0. The van der Waals surface area contributed by atoms with Gasteiger partial charge >= 0.3 is 9.28 Å². The molecule has 0 aromatic carbocycles. The molecule has 0 unspecified atom stereocenters. The lowest BCUT2D eigenvalue weighted by Crippen LogP contribution is -2.24. The van der Waals surface area contributed by atoms with Crippen molar-refractivity contribution in [1.29, 1.82) is 0 Å². The Bertz CT molecular complexity index is 85.1. The summed E-state index contributed by atoms with van der Waals surface area (Å²) in [6.07, 6.45) is 2.11. The molecular formula is C8H19ClO2Si. The quantitative estimate of drug-likeness (QED) is 0.452. The molecule has 0 saturated carbocycles. The molecule has 4 heteroatoms. The molecule has 74 valence electrons. The van der Waals surface area contributed by atoms with Crippen LogP contribution in [-0.4, -0.2) is 28.4 Å². The summed E-state index contributed by atoms with van der Waals surface area (Å²) in [5, 5.41) is 0. The summed E-state index contributed by atoms with van der Waals surface area (Å²) in [7, 11) is -1.40. The maximum atomic E-state index is 5.63. The summed E-state index contributed by atoms with van der Waals surface area (Å²) in [5.74, 6) is 0.657. The maximum Gasteiger partial charge on any atom is 0.322 e. The van der Waals surface area contributed by atoms with Crippen molar-refractivity contribution in [3.63, 3.8) is 0 Å². The second-order valence-corrected chi connectivity index (χ2v) is 5.13. The monoisotopic (exact) mass is 210 g/mol. The number of hydrogen-bond acceptors (Lipinski definition) is 2. The molecule has 0 aliphatic rings. The van der Waals surface area contributed by atoms with E-state index >= 15 is 0 Å². The molecule has 0 fully saturated rings. The highest BCUT2D eigenvalue weighted by molar-refractivity contribution is 6.46. The molecule has 0 heterocycles. The minimum absolute atomic E-state index is 0.657. The van der Waals surface area contributed by atoms with Crippen LogP contribution in [0.4, 0.5) is 0 Å². The predicted molar refractivity (Wildman–Crippen MR) is 55.2 cm³/mol. The van der Waals surface area contributed by atoms with Gasteiger partial charge in [-0.1, -0.05) is 13.8 Å². The molecule has 0 amide bonds. The van der Waals surface area contributed by atoms with Crippen LogP contribution < -0.4 is 0 Å². The highest BCUT2D eigenvalue weighted by atomic mass is 35.5. The first-order valence-electron chi connectivity index (χ1n) is 4.64. The van der Waals surface area contributed by atoms with E-state index in [2.05, 4.69) is 13.8 Å². The van der Waals surface area contributed by atoms with Crippen molar-refractivity contribution in [3.8, 4) is 0 Å². The average molecular weight is 211 g/mol. The van der Waals surface area contributed by atoms with Crippen LogP contribution in [0.3, 0.4) is 0 Å². The number of alkyl halides is 1. The van der Waals surface area contributed by atoms with Gasteiger partial charge in [0.25, 0.3) is 0 Å². The van der Waals surface area contributed by atoms with Gasteiger partial charge in [0.2, 0.25) is 0 Å². The van der Waals surface area contributed by atoms with Crippen LogP contribution in [0.5, 0.6) is 0 Å². The lowest BCUT2D eigenvalue weighted by atomic mass is 10.5. The van der Waals surface area contributed by atoms with Crippen molar-refractivity contribution in [2.24, 2.45) is 0 Å². The van der Waals surface area contributed by atoms with Gasteiger partial charge in [-0.3, -0.25) is 0 Å². The minimum atomic E-state index is -1.40. The fourth-order valence-electron chi connectivity index (χ4n) is 0.802. The number of rotatable bonds is 8. The zero-order valence-corrected chi connectivity index (χ0v) is 9.93. The van der Waals surface area contributed by atoms with Gasteiger partial charge in [0.15, 0.2) is 0 Å². The fraction of sp³-hybridized carbons (Fsp3) is 1.00. The first-order chi connectivity index (χ1) is 5.85. The predicted octanol–water partition coefficient (Wildman–Crippen LogP) is 2.30. The molecule has 2 nitrogen and oxygen atoms in total. The second-order valence-electron chi connectivity index (χ2n) is 2.65. The van der Waals surface area contributed by atoms with Gasteiger partial charge in [-0.25, -0.2) is 0 Å². The molecule has 0 N–H and O–H groups in total. The first kappa shape index (κ1) is 12.4. The van der Waals surface area contributed by atoms with Crippen LogP contribution in [0.25, 0.3) is 0 Å². The van der Waals surface area contributed by atoms with Crippen molar-refractivity contribution in [2.75, 3.05) is 19.1 Å². The van der Waals surface area contributed by atoms with Crippen LogP contribution in [0.1, 0.15) is 26.7 Å². The molecule has 0 spiro atoms. The largest absolute Gasteiger partial charge is 0.397 e. The number of hydrogen-bond donors (Lipinski definition) is 0. The number of halogens is 1. The fourth-order valence-corrected chi connectivity index (χ4v) is 2.94. The van der Waals surface area contributed by atoms with E-state index in [-0.39, 0.29) is 0 Å². The third-order valence-corrected chi connectivity index (χ3v) is 3.92. The Balaban J connectivity index is 3.40.